The molecule has 0 radical (unpaired) electrons. The number of halogens is 4. The zero-order valence-electron chi connectivity index (χ0n) is 11.1. The summed E-state index contributed by atoms with van der Waals surface area (Å²) in [4.78, 5) is 12.2. The Balaban J connectivity index is 2.23. The number of Topliss-reactive ketones (excluding diaryl/α,β-unsaturated/α-hetero) is 1. The highest BCUT2D eigenvalue weighted by Gasteiger charge is 2.35. The topological polar surface area (TPSA) is 17.1 Å². The predicted octanol–water partition coefficient (Wildman–Crippen LogP) is 4.85. The van der Waals surface area contributed by atoms with Crippen molar-refractivity contribution in [2.24, 2.45) is 11.8 Å². The lowest BCUT2D eigenvalue weighted by atomic mass is 9.79. The van der Waals surface area contributed by atoms with Crippen molar-refractivity contribution in [3.63, 3.8) is 0 Å². The summed E-state index contributed by atoms with van der Waals surface area (Å²) in [6, 6.07) is 2.50. The molecule has 20 heavy (non-hydrogen) atoms. The minimum atomic E-state index is -4.78. The Labute approximate surface area is 115 Å². The van der Waals surface area contributed by atoms with Crippen LogP contribution in [0.5, 0.6) is 0 Å². The van der Waals surface area contributed by atoms with Crippen LogP contribution in [0, 0.1) is 17.7 Å². The van der Waals surface area contributed by atoms with Gasteiger partial charge in [0.15, 0.2) is 5.78 Å². The van der Waals surface area contributed by atoms with Crippen LogP contribution in [0.15, 0.2) is 18.2 Å². The average Bonchev–Trinajstić information content (AvgIpc) is 2.38. The van der Waals surface area contributed by atoms with Crippen molar-refractivity contribution in [1.82, 2.24) is 0 Å². The van der Waals surface area contributed by atoms with E-state index in [2.05, 4.69) is 6.92 Å². The Morgan fingerprint density at radius 3 is 2.30 bits per heavy atom. The largest absolute Gasteiger partial charge is 0.419 e. The zero-order valence-corrected chi connectivity index (χ0v) is 11.1. The molecule has 0 heterocycles. The van der Waals surface area contributed by atoms with Gasteiger partial charge in [-0.3, -0.25) is 4.79 Å². The summed E-state index contributed by atoms with van der Waals surface area (Å²) in [5.41, 5.74) is -1.41. The Morgan fingerprint density at radius 2 is 1.75 bits per heavy atom. The van der Waals surface area contributed by atoms with E-state index in [1.807, 2.05) is 0 Å². The van der Waals surface area contributed by atoms with Crippen molar-refractivity contribution >= 4 is 5.78 Å². The first kappa shape index (κ1) is 15.0. The van der Waals surface area contributed by atoms with Gasteiger partial charge in [0, 0.05) is 11.5 Å². The smallest absolute Gasteiger partial charge is 0.294 e. The van der Waals surface area contributed by atoms with Gasteiger partial charge in [-0.05, 0) is 37.0 Å². The molecule has 2 rings (SSSR count). The van der Waals surface area contributed by atoms with Gasteiger partial charge in [0.1, 0.15) is 5.82 Å². The van der Waals surface area contributed by atoms with Crippen LogP contribution in [-0.2, 0) is 6.18 Å². The van der Waals surface area contributed by atoms with Crippen molar-refractivity contribution in [2.75, 3.05) is 0 Å². The van der Waals surface area contributed by atoms with Crippen LogP contribution in [0.4, 0.5) is 17.6 Å². The molecule has 1 aromatic rings. The molecule has 1 saturated carbocycles. The molecule has 0 unspecified atom stereocenters. The normalized spacial score (nSPS) is 23.6. The lowest BCUT2D eigenvalue weighted by molar-refractivity contribution is -0.140. The van der Waals surface area contributed by atoms with Crippen LogP contribution in [0.1, 0.15) is 48.5 Å². The summed E-state index contributed by atoms with van der Waals surface area (Å²) in [5, 5.41) is 0. The summed E-state index contributed by atoms with van der Waals surface area (Å²) >= 11 is 0. The fourth-order valence-electron chi connectivity index (χ4n) is 2.65. The molecule has 1 aliphatic carbocycles. The van der Waals surface area contributed by atoms with E-state index in [4.69, 9.17) is 0 Å². The summed E-state index contributed by atoms with van der Waals surface area (Å²) in [6.07, 6.45) is -1.58. The number of benzene rings is 1. The third kappa shape index (κ3) is 3.19. The van der Waals surface area contributed by atoms with Gasteiger partial charge in [-0.15, -0.1) is 0 Å². The van der Waals surface area contributed by atoms with Crippen molar-refractivity contribution in [3.8, 4) is 0 Å². The third-order valence-electron chi connectivity index (χ3n) is 3.94. The van der Waals surface area contributed by atoms with E-state index in [1.165, 1.54) is 0 Å². The molecule has 1 nitrogen and oxygen atoms in total. The van der Waals surface area contributed by atoms with E-state index >= 15 is 0 Å². The highest BCUT2D eigenvalue weighted by molar-refractivity contribution is 5.98. The highest BCUT2D eigenvalue weighted by Crippen LogP contribution is 2.34. The molecule has 1 aliphatic rings. The number of carbonyl (C=O) groups is 1. The van der Waals surface area contributed by atoms with Crippen LogP contribution >= 0.6 is 0 Å². The first-order valence-electron chi connectivity index (χ1n) is 6.70. The van der Waals surface area contributed by atoms with Gasteiger partial charge in [-0.1, -0.05) is 19.8 Å². The second-order valence-corrected chi connectivity index (χ2v) is 5.51. The molecule has 0 aromatic heterocycles. The van der Waals surface area contributed by atoms with Crippen molar-refractivity contribution in [2.45, 2.75) is 38.8 Å². The van der Waals surface area contributed by atoms with E-state index in [1.54, 1.807) is 0 Å². The molecule has 0 atom stereocenters. The minimum absolute atomic E-state index is 0.0433. The van der Waals surface area contributed by atoms with Gasteiger partial charge in [0.2, 0.25) is 0 Å². The molecule has 110 valence electrons. The van der Waals surface area contributed by atoms with Crippen LogP contribution in [0.25, 0.3) is 0 Å². The highest BCUT2D eigenvalue weighted by atomic mass is 19.4. The molecule has 0 spiro atoms. The summed E-state index contributed by atoms with van der Waals surface area (Å²) in [6.45, 7) is 2.10. The van der Waals surface area contributed by atoms with E-state index in [0.717, 1.165) is 25.0 Å². The lowest BCUT2D eigenvalue weighted by Crippen LogP contribution is -2.21. The number of carbonyl (C=O) groups excluding carboxylic acids is 1. The second kappa shape index (κ2) is 5.54. The van der Waals surface area contributed by atoms with E-state index < -0.39 is 17.6 Å². The van der Waals surface area contributed by atoms with Crippen molar-refractivity contribution in [3.05, 3.63) is 35.1 Å². The molecule has 0 bridgehead atoms. The van der Waals surface area contributed by atoms with E-state index in [0.29, 0.717) is 24.8 Å². The molecular formula is C15H16F4O. The van der Waals surface area contributed by atoms with Crippen LogP contribution in [0.2, 0.25) is 0 Å². The van der Waals surface area contributed by atoms with Crippen LogP contribution < -0.4 is 0 Å². The Hall–Kier alpha value is -1.39. The van der Waals surface area contributed by atoms with Crippen LogP contribution in [-0.4, -0.2) is 5.78 Å². The maximum atomic E-state index is 13.2. The fraction of sp³-hybridized carbons (Fsp3) is 0.533. The maximum absolute atomic E-state index is 13.2. The Morgan fingerprint density at radius 1 is 1.15 bits per heavy atom. The predicted molar refractivity (Wildman–Crippen MR) is 66.9 cm³/mol. The van der Waals surface area contributed by atoms with Gasteiger partial charge in [-0.2, -0.15) is 13.2 Å². The molecule has 1 fully saturated rings. The average molecular weight is 288 g/mol. The van der Waals surface area contributed by atoms with Crippen LogP contribution in [0.3, 0.4) is 0 Å². The molecule has 0 N–H and O–H groups in total. The summed E-state index contributed by atoms with van der Waals surface area (Å²) in [5.74, 6) is -1.33. The molecule has 0 saturated heterocycles. The minimum Gasteiger partial charge on any atom is -0.294 e. The standard InChI is InChI=1S/C15H16F4O/c1-9-2-4-10(5-3-9)14(20)11-6-7-13(16)12(8-11)15(17,18)19/h6-10H,2-5H2,1H3. The first-order chi connectivity index (χ1) is 9.29. The van der Waals surface area contributed by atoms with Crippen molar-refractivity contribution < 1.29 is 22.4 Å². The molecule has 0 amide bonds. The van der Waals surface area contributed by atoms with Gasteiger partial charge in [0.25, 0.3) is 0 Å². The van der Waals surface area contributed by atoms with Crippen molar-refractivity contribution in [1.29, 1.82) is 0 Å². The molecule has 5 heteroatoms. The number of ketones is 1. The first-order valence-corrected chi connectivity index (χ1v) is 6.70. The van der Waals surface area contributed by atoms with Gasteiger partial charge in [0.05, 0.1) is 5.56 Å². The fourth-order valence-corrected chi connectivity index (χ4v) is 2.65. The zero-order chi connectivity index (χ0) is 14.9. The van der Waals surface area contributed by atoms with Gasteiger partial charge >= 0.3 is 6.18 Å². The van der Waals surface area contributed by atoms with E-state index in [-0.39, 0.29) is 17.3 Å². The number of hydrogen-bond donors (Lipinski definition) is 0. The lowest BCUT2D eigenvalue weighted by Gasteiger charge is -2.25. The second-order valence-electron chi connectivity index (χ2n) is 5.51. The summed E-state index contributed by atoms with van der Waals surface area (Å²) < 4.78 is 51.1. The SMILES string of the molecule is CC1CCC(C(=O)c2ccc(F)c(C(F)(F)F)c2)CC1. The summed E-state index contributed by atoms with van der Waals surface area (Å²) in [7, 11) is 0. The monoisotopic (exact) mass is 288 g/mol. The Kier molecular flexibility index (Phi) is 4.16. The Bertz CT molecular complexity index is 499. The van der Waals surface area contributed by atoms with E-state index in [9.17, 15) is 22.4 Å². The molecule has 0 aliphatic heterocycles. The third-order valence-corrected chi connectivity index (χ3v) is 3.94. The quantitative estimate of drug-likeness (QED) is 0.561. The molecular weight excluding hydrogens is 272 g/mol. The van der Waals surface area contributed by atoms with Gasteiger partial charge in [-0.25, -0.2) is 4.39 Å². The number of rotatable bonds is 2. The number of alkyl halides is 3. The number of hydrogen-bond acceptors (Lipinski definition) is 1. The maximum Gasteiger partial charge on any atom is 0.419 e. The molecule has 1 aromatic carbocycles. The van der Waals surface area contributed by atoms with Gasteiger partial charge < -0.3 is 0 Å².